The number of carbonyl (C=O) groups excluding carboxylic acids is 1. The molecule has 4 bridgehead atoms. The molecule has 4 aliphatic carbocycles. The molecule has 4 heteroatoms. The summed E-state index contributed by atoms with van der Waals surface area (Å²) in [6.45, 7) is 0. The van der Waals surface area contributed by atoms with E-state index in [2.05, 4.69) is 5.32 Å². The van der Waals surface area contributed by atoms with E-state index in [-0.39, 0.29) is 22.9 Å². The maximum absolute atomic E-state index is 11.5. The highest BCUT2D eigenvalue weighted by Crippen LogP contribution is 2.56. The minimum absolute atomic E-state index is 0.0102. The van der Waals surface area contributed by atoms with E-state index in [1.54, 1.807) is 0 Å². The van der Waals surface area contributed by atoms with Gasteiger partial charge in [-0.25, -0.2) is 0 Å². The van der Waals surface area contributed by atoms with E-state index in [0.717, 1.165) is 43.9 Å². The zero-order valence-corrected chi connectivity index (χ0v) is 10.2. The molecule has 0 aromatic heterocycles. The molecule has 4 rings (SSSR count). The number of rotatable bonds is 2. The van der Waals surface area contributed by atoms with Crippen LogP contribution in [0.3, 0.4) is 0 Å². The van der Waals surface area contributed by atoms with Crippen molar-refractivity contribution in [2.45, 2.75) is 49.6 Å². The molecule has 2 unspecified atom stereocenters. The molecule has 2 atom stereocenters. The van der Waals surface area contributed by atoms with E-state index in [1.165, 1.54) is 6.42 Å². The number of carbonyl (C=O) groups is 1. The van der Waals surface area contributed by atoms with Crippen molar-refractivity contribution in [3.05, 3.63) is 0 Å². The molecule has 4 aliphatic rings. The third-order valence-corrected chi connectivity index (χ3v) is 4.88. The van der Waals surface area contributed by atoms with E-state index in [0.29, 0.717) is 0 Å². The van der Waals surface area contributed by atoms with Gasteiger partial charge in [0.25, 0.3) is 0 Å². The van der Waals surface area contributed by atoms with Gasteiger partial charge in [0, 0.05) is 11.1 Å². The lowest BCUT2D eigenvalue weighted by Crippen LogP contribution is -2.68. The average molecular weight is 243 g/mol. The maximum Gasteiger partial charge on any atom is 0.235 e. The fourth-order valence-electron chi connectivity index (χ4n) is 4.81. The van der Waals surface area contributed by atoms with Crippen LogP contribution in [0, 0.1) is 11.8 Å². The zero-order chi connectivity index (χ0) is 11.4. The summed E-state index contributed by atoms with van der Waals surface area (Å²) in [4.78, 5) is 11.5. The van der Waals surface area contributed by atoms with Crippen LogP contribution in [0.2, 0.25) is 0 Å². The van der Waals surface area contributed by atoms with Crippen molar-refractivity contribution >= 4 is 17.5 Å². The number of alkyl halides is 1. The fourth-order valence-corrected chi connectivity index (χ4v) is 4.88. The first kappa shape index (κ1) is 10.8. The van der Waals surface area contributed by atoms with Crippen molar-refractivity contribution in [2.24, 2.45) is 17.6 Å². The van der Waals surface area contributed by atoms with Crippen molar-refractivity contribution in [2.75, 3.05) is 5.88 Å². The lowest BCUT2D eigenvalue weighted by atomic mass is 9.50. The zero-order valence-electron chi connectivity index (χ0n) is 9.47. The third-order valence-electron chi connectivity index (χ3n) is 4.63. The van der Waals surface area contributed by atoms with Crippen LogP contribution in [-0.2, 0) is 4.79 Å². The maximum atomic E-state index is 11.5. The molecule has 0 aliphatic heterocycles. The van der Waals surface area contributed by atoms with E-state index in [1.807, 2.05) is 0 Å². The molecule has 0 aromatic rings. The number of halogens is 1. The van der Waals surface area contributed by atoms with Crippen molar-refractivity contribution in [3.63, 3.8) is 0 Å². The van der Waals surface area contributed by atoms with Crippen LogP contribution in [0.15, 0.2) is 0 Å². The predicted molar refractivity (Wildman–Crippen MR) is 63.2 cm³/mol. The number of hydrogen-bond donors (Lipinski definition) is 2. The second-order valence-corrected chi connectivity index (χ2v) is 6.55. The molecular weight excluding hydrogens is 224 g/mol. The molecule has 3 N–H and O–H groups in total. The van der Waals surface area contributed by atoms with Crippen molar-refractivity contribution in [1.29, 1.82) is 0 Å². The van der Waals surface area contributed by atoms with Crippen LogP contribution in [0.5, 0.6) is 0 Å². The van der Waals surface area contributed by atoms with Crippen LogP contribution in [0.4, 0.5) is 0 Å². The average Bonchev–Trinajstić information content (AvgIpc) is 2.12. The quantitative estimate of drug-likeness (QED) is 0.719. The minimum Gasteiger partial charge on any atom is -0.350 e. The van der Waals surface area contributed by atoms with Gasteiger partial charge in [0.1, 0.15) is 5.88 Å². The molecule has 90 valence electrons. The van der Waals surface area contributed by atoms with Crippen LogP contribution in [0.25, 0.3) is 0 Å². The van der Waals surface area contributed by atoms with Crippen LogP contribution >= 0.6 is 11.6 Å². The molecular formula is C12H19ClN2O. The summed E-state index contributed by atoms with van der Waals surface area (Å²) >= 11 is 5.58. The molecule has 1 amide bonds. The van der Waals surface area contributed by atoms with Crippen molar-refractivity contribution in [1.82, 2.24) is 5.32 Å². The SMILES string of the molecule is NC12CC3CC(C1)CC(NC(=O)CCl)(C3)C2. The Balaban J connectivity index is 1.83. The molecule has 0 aromatic carbocycles. The van der Waals surface area contributed by atoms with Gasteiger partial charge in [-0.1, -0.05) is 0 Å². The summed E-state index contributed by atoms with van der Waals surface area (Å²) in [7, 11) is 0. The highest BCUT2D eigenvalue weighted by Gasteiger charge is 2.56. The second-order valence-electron chi connectivity index (χ2n) is 6.29. The van der Waals surface area contributed by atoms with Gasteiger partial charge in [-0.05, 0) is 50.4 Å². The van der Waals surface area contributed by atoms with Gasteiger partial charge in [-0.3, -0.25) is 4.79 Å². The molecule has 0 radical (unpaired) electrons. The van der Waals surface area contributed by atoms with Gasteiger partial charge >= 0.3 is 0 Å². The Labute approximate surface area is 101 Å². The highest BCUT2D eigenvalue weighted by molar-refractivity contribution is 6.27. The largest absolute Gasteiger partial charge is 0.350 e. The molecule has 0 saturated heterocycles. The summed E-state index contributed by atoms with van der Waals surface area (Å²) in [5.74, 6) is 1.48. The van der Waals surface area contributed by atoms with Gasteiger partial charge < -0.3 is 11.1 Å². The lowest BCUT2D eigenvalue weighted by Gasteiger charge is -2.61. The number of nitrogens with two attached hydrogens (primary N) is 1. The van der Waals surface area contributed by atoms with Crippen LogP contribution in [-0.4, -0.2) is 22.9 Å². The summed E-state index contributed by atoms with van der Waals surface area (Å²) in [5, 5.41) is 3.15. The topological polar surface area (TPSA) is 55.1 Å². The molecule has 0 spiro atoms. The summed E-state index contributed by atoms with van der Waals surface area (Å²) in [6.07, 6.45) is 6.81. The Morgan fingerprint density at radius 2 is 1.94 bits per heavy atom. The van der Waals surface area contributed by atoms with Gasteiger partial charge in [0.2, 0.25) is 5.91 Å². The molecule has 4 saturated carbocycles. The summed E-state index contributed by atoms with van der Waals surface area (Å²) in [5.41, 5.74) is 6.41. The number of amides is 1. The predicted octanol–water partition coefficient (Wildman–Crippen LogP) is 1.39. The second kappa shape index (κ2) is 3.36. The normalized spacial score (nSPS) is 49.4. The standard InChI is InChI=1S/C12H19ClN2O/c13-6-10(16)15-12-4-8-1-9(5-12)3-11(14,2-8)7-12/h8-9H,1-7,14H2,(H,15,16). The molecule has 0 heterocycles. The Kier molecular flexibility index (Phi) is 2.28. The van der Waals surface area contributed by atoms with E-state index in [9.17, 15) is 4.79 Å². The monoisotopic (exact) mass is 242 g/mol. The lowest BCUT2D eigenvalue weighted by molar-refractivity contribution is -0.124. The smallest absolute Gasteiger partial charge is 0.235 e. The first-order chi connectivity index (χ1) is 7.53. The Morgan fingerprint density at radius 1 is 1.31 bits per heavy atom. The highest BCUT2D eigenvalue weighted by atomic mass is 35.5. The van der Waals surface area contributed by atoms with Gasteiger partial charge in [-0.2, -0.15) is 0 Å². The third kappa shape index (κ3) is 1.65. The molecule has 16 heavy (non-hydrogen) atoms. The van der Waals surface area contributed by atoms with E-state index in [4.69, 9.17) is 17.3 Å². The summed E-state index contributed by atoms with van der Waals surface area (Å²) < 4.78 is 0. The van der Waals surface area contributed by atoms with Gasteiger partial charge in [0.15, 0.2) is 0 Å². The molecule has 4 fully saturated rings. The summed E-state index contributed by atoms with van der Waals surface area (Å²) in [6, 6.07) is 0. The van der Waals surface area contributed by atoms with Crippen LogP contribution in [0.1, 0.15) is 38.5 Å². The van der Waals surface area contributed by atoms with Gasteiger partial charge in [-0.15, -0.1) is 11.6 Å². The van der Waals surface area contributed by atoms with Gasteiger partial charge in [0.05, 0.1) is 0 Å². The first-order valence-electron chi connectivity index (χ1n) is 6.18. The Morgan fingerprint density at radius 3 is 2.44 bits per heavy atom. The van der Waals surface area contributed by atoms with E-state index >= 15 is 0 Å². The van der Waals surface area contributed by atoms with Crippen molar-refractivity contribution < 1.29 is 4.79 Å². The van der Waals surface area contributed by atoms with Crippen LogP contribution < -0.4 is 11.1 Å². The first-order valence-corrected chi connectivity index (χ1v) is 6.72. The number of hydrogen-bond acceptors (Lipinski definition) is 2. The number of nitrogens with one attached hydrogen (secondary N) is 1. The van der Waals surface area contributed by atoms with Crippen molar-refractivity contribution in [3.8, 4) is 0 Å². The van der Waals surface area contributed by atoms with E-state index < -0.39 is 0 Å². The Bertz CT molecular complexity index is 317. The minimum atomic E-state index is -0.0350. The Hall–Kier alpha value is -0.280. The molecule has 3 nitrogen and oxygen atoms in total. The fraction of sp³-hybridized carbons (Fsp3) is 0.917.